The van der Waals surface area contributed by atoms with E-state index < -0.39 is 11.6 Å². The first kappa shape index (κ1) is 13.2. The van der Waals surface area contributed by atoms with Crippen LogP contribution in [0, 0.1) is 17.6 Å². The molecule has 1 aliphatic heterocycles. The predicted molar refractivity (Wildman–Crippen MR) is 68.9 cm³/mol. The summed E-state index contributed by atoms with van der Waals surface area (Å²) in [4.78, 5) is 4.22. The van der Waals surface area contributed by atoms with Crippen molar-refractivity contribution in [3.05, 3.63) is 35.7 Å². The molecule has 2 aromatic rings. The topological polar surface area (TPSA) is 51.0 Å². The molecule has 1 fully saturated rings. The second kappa shape index (κ2) is 5.66. The lowest BCUT2D eigenvalue weighted by atomic mass is 10.0. The molecule has 1 aliphatic rings. The Kier molecular flexibility index (Phi) is 3.73. The first-order chi connectivity index (χ1) is 9.72. The minimum atomic E-state index is -0.911. The molecule has 4 nitrogen and oxygen atoms in total. The molecule has 3 rings (SSSR count). The molecular weight excluding hydrogens is 264 g/mol. The van der Waals surface area contributed by atoms with E-state index in [0.29, 0.717) is 29.6 Å². The highest BCUT2D eigenvalue weighted by molar-refractivity contribution is 5.54. The lowest BCUT2D eigenvalue weighted by molar-refractivity contribution is 0.365. The van der Waals surface area contributed by atoms with Crippen molar-refractivity contribution in [2.45, 2.75) is 19.3 Å². The third-order valence-corrected chi connectivity index (χ3v) is 3.57. The van der Waals surface area contributed by atoms with E-state index in [1.165, 1.54) is 12.5 Å². The van der Waals surface area contributed by atoms with E-state index in [1.54, 1.807) is 0 Å². The number of hydrogen-bond donors (Lipinski definition) is 1. The van der Waals surface area contributed by atoms with Crippen molar-refractivity contribution in [1.82, 2.24) is 15.5 Å². The Morgan fingerprint density at radius 3 is 2.95 bits per heavy atom. The summed E-state index contributed by atoms with van der Waals surface area (Å²) >= 11 is 0. The molecule has 1 atom stereocenters. The van der Waals surface area contributed by atoms with E-state index in [4.69, 9.17) is 4.52 Å². The molecular formula is C14H15F2N3O. The number of rotatable bonds is 4. The van der Waals surface area contributed by atoms with Gasteiger partial charge in [-0.05, 0) is 50.0 Å². The summed E-state index contributed by atoms with van der Waals surface area (Å²) in [6.07, 6.45) is 2.87. The zero-order valence-electron chi connectivity index (χ0n) is 10.9. The van der Waals surface area contributed by atoms with Gasteiger partial charge in [-0.1, -0.05) is 5.16 Å². The molecule has 1 saturated heterocycles. The zero-order chi connectivity index (χ0) is 13.9. The molecule has 6 heteroatoms. The van der Waals surface area contributed by atoms with Gasteiger partial charge in [0.05, 0.1) is 0 Å². The summed E-state index contributed by atoms with van der Waals surface area (Å²) in [5.41, 5.74) is 0.418. The fourth-order valence-electron chi connectivity index (χ4n) is 2.40. The molecule has 0 radical (unpaired) electrons. The van der Waals surface area contributed by atoms with Crippen LogP contribution in [0.3, 0.4) is 0 Å². The van der Waals surface area contributed by atoms with Crippen LogP contribution >= 0.6 is 0 Å². The average molecular weight is 279 g/mol. The van der Waals surface area contributed by atoms with Gasteiger partial charge in [-0.15, -0.1) is 0 Å². The Morgan fingerprint density at radius 2 is 2.20 bits per heavy atom. The van der Waals surface area contributed by atoms with Gasteiger partial charge in [0.1, 0.15) is 0 Å². The van der Waals surface area contributed by atoms with Crippen LogP contribution in [0.1, 0.15) is 18.7 Å². The highest BCUT2D eigenvalue weighted by Crippen LogP contribution is 2.20. The van der Waals surface area contributed by atoms with Crippen LogP contribution in [0.2, 0.25) is 0 Å². The highest BCUT2D eigenvalue weighted by Gasteiger charge is 2.16. The molecule has 0 aliphatic carbocycles. The fraction of sp³-hybridized carbons (Fsp3) is 0.429. The maximum atomic E-state index is 13.2. The second-order valence-corrected chi connectivity index (χ2v) is 5.04. The maximum Gasteiger partial charge on any atom is 0.226 e. The van der Waals surface area contributed by atoms with Gasteiger partial charge in [-0.2, -0.15) is 4.98 Å². The zero-order valence-corrected chi connectivity index (χ0v) is 10.9. The molecule has 20 heavy (non-hydrogen) atoms. The number of aromatic nitrogens is 2. The SMILES string of the molecule is Fc1ccc(-c2noc(CCC3CCNC3)n2)cc1F. The predicted octanol–water partition coefficient (Wildman–Crippen LogP) is 2.56. The van der Waals surface area contributed by atoms with Crippen molar-refractivity contribution in [1.29, 1.82) is 0 Å². The van der Waals surface area contributed by atoms with Crippen LogP contribution in [-0.4, -0.2) is 23.2 Å². The van der Waals surface area contributed by atoms with Gasteiger partial charge in [0.25, 0.3) is 0 Å². The van der Waals surface area contributed by atoms with Crippen LogP contribution in [0.4, 0.5) is 8.78 Å². The summed E-state index contributed by atoms with van der Waals surface area (Å²) in [7, 11) is 0. The minimum Gasteiger partial charge on any atom is -0.339 e. The van der Waals surface area contributed by atoms with Gasteiger partial charge in [-0.25, -0.2) is 8.78 Å². The largest absolute Gasteiger partial charge is 0.339 e. The minimum absolute atomic E-state index is 0.295. The van der Waals surface area contributed by atoms with Crippen LogP contribution in [-0.2, 0) is 6.42 Å². The Bertz CT molecular complexity index is 594. The first-order valence-corrected chi connectivity index (χ1v) is 6.71. The summed E-state index contributed by atoms with van der Waals surface area (Å²) in [6, 6.07) is 3.57. The van der Waals surface area contributed by atoms with Crippen molar-refractivity contribution in [3.63, 3.8) is 0 Å². The van der Waals surface area contributed by atoms with Crippen LogP contribution in [0.5, 0.6) is 0 Å². The quantitative estimate of drug-likeness (QED) is 0.934. The monoisotopic (exact) mass is 279 g/mol. The van der Waals surface area contributed by atoms with E-state index in [-0.39, 0.29) is 0 Å². The van der Waals surface area contributed by atoms with Crippen molar-refractivity contribution >= 4 is 0 Å². The number of hydrogen-bond acceptors (Lipinski definition) is 4. The number of benzene rings is 1. The third-order valence-electron chi connectivity index (χ3n) is 3.57. The molecule has 1 aromatic carbocycles. The number of nitrogens with one attached hydrogen (secondary N) is 1. The Labute approximate surface area is 115 Å². The summed E-state index contributed by atoms with van der Waals surface area (Å²) in [6.45, 7) is 2.10. The summed E-state index contributed by atoms with van der Waals surface area (Å²) in [5.74, 6) is -0.314. The van der Waals surface area contributed by atoms with Crippen molar-refractivity contribution in [2.24, 2.45) is 5.92 Å². The van der Waals surface area contributed by atoms with Crippen molar-refractivity contribution in [2.75, 3.05) is 13.1 Å². The lowest BCUT2D eigenvalue weighted by Gasteiger charge is -2.03. The normalized spacial score (nSPS) is 18.6. The average Bonchev–Trinajstić information content (AvgIpc) is 3.10. The summed E-state index contributed by atoms with van der Waals surface area (Å²) < 4.78 is 31.2. The van der Waals surface area contributed by atoms with Gasteiger partial charge in [0, 0.05) is 12.0 Å². The molecule has 2 heterocycles. The first-order valence-electron chi connectivity index (χ1n) is 6.71. The number of nitrogens with zero attached hydrogens (tertiary/aromatic N) is 2. The van der Waals surface area contributed by atoms with E-state index in [9.17, 15) is 8.78 Å². The molecule has 0 bridgehead atoms. The highest BCUT2D eigenvalue weighted by atomic mass is 19.2. The van der Waals surface area contributed by atoms with Crippen molar-refractivity contribution in [3.8, 4) is 11.4 Å². The molecule has 1 aromatic heterocycles. The molecule has 1 N–H and O–H groups in total. The van der Waals surface area contributed by atoms with E-state index in [1.807, 2.05) is 0 Å². The Morgan fingerprint density at radius 1 is 1.30 bits per heavy atom. The maximum absolute atomic E-state index is 13.2. The van der Waals surface area contributed by atoms with Crippen molar-refractivity contribution < 1.29 is 13.3 Å². The van der Waals surface area contributed by atoms with E-state index >= 15 is 0 Å². The molecule has 0 spiro atoms. The van der Waals surface area contributed by atoms with Crippen LogP contribution < -0.4 is 5.32 Å². The summed E-state index contributed by atoms with van der Waals surface area (Å²) in [5, 5.41) is 7.12. The Hall–Kier alpha value is -1.82. The van der Waals surface area contributed by atoms with E-state index in [2.05, 4.69) is 15.5 Å². The second-order valence-electron chi connectivity index (χ2n) is 5.04. The van der Waals surface area contributed by atoms with Crippen LogP contribution in [0.25, 0.3) is 11.4 Å². The lowest BCUT2D eigenvalue weighted by Crippen LogP contribution is -2.09. The number of halogens is 2. The van der Waals surface area contributed by atoms with Gasteiger partial charge in [-0.3, -0.25) is 0 Å². The van der Waals surface area contributed by atoms with Gasteiger partial charge in [0.2, 0.25) is 11.7 Å². The van der Waals surface area contributed by atoms with Gasteiger partial charge in [0.15, 0.2) is 11.6 Å². The smallest absolute Gasteiger partial charge is 0.226 e. The van der Waals surface area contributed by atoms with E-state index in [0.717, 1.165) is 31.6 Å². The molecule has 0 saturated carbocycles. The Balaban J connectivity index is 1.67. The molecule has 106 valence electrons. The molecule has 1 unspecified atom stereocenters. The number of aryl methyl sites for hydroxylation is 1. The molecule has 0 amide bonds. The van der Waals surface area contributed by atoms with Gasteiger partial charge >= 0.3 is 0 Å². The standard InChI is InChI=1S/C14H15F2N3O/c15-11-3-2-10(7-12(11)16)14-18-13(20-19-14)4-1-9-5-6-17-8-9/h2-3,7,9,17H,1,4-6,8H2. The van der Waals surface area contributed by atoms with Gasteiger partial charge < -0.3 is 9.84 Å². The third kappa shape index (κ3) is 2.85. The van der Waals surface area contributed by atoms with Crippen LogP contribution in [0.15, 0.2) is 22.7 Å². The fourth-order valence-corrected chi connectivity index (χ4v) is 2.40.